The van der Waals surface area contributed by atoms with Crippen molar-refractivity contribution in [2.45, 2.75) is 24.9 Å². The smallest absolute Gasteiger partial charge is 0.258 e. The standard InChI is InChI=1S/C16H17F2N3O/c17-16(18)6-7-19-8-13(16)14-9-21-15(10-20-14)22-11-12-4-2-1-3-5-12/h1-5,9-10,13,19H,6-8,11H2. The van der Waals surface area contributed by atoms with Gasteiger partial charge < -0.3 is 10.1 Å². The van der Waals surface area contributed by atoms with Crippen molar-refractivity contribution >= 4 is 0 Å². The summed E-state index contributed by atoms with van der Waals surface area (Å²) in [5, 5.41) is 2.97. The van der Waals surface area contributed by atoms with Gasteiger partial charge in [0.05, 0.1) is 24.0 Å². The highest BCUT2D eigenvalue weighted by Gasteiger charge is 2.43. The lowest BCUT2D eigenvalue weighted by atomic mass is 9.92. The van der Waals surface area contributed by atoms with Gasteiger partial charge in [0.15, 0.2) is 0 Å². The van der Waals surface area contributed by atoms with Gasteiger partial charge in [-0.05, 0) is 5.56 Å². The Hall–Kier alpha value is -2.08. The lowest BCUT2D eigenvalue weighted by molar-refractivity contribution is -0.0492. The fraction of sp³-hybridized carbons (Fsp3) is 0.375. The molecule has 0 radical (unpaired) electrons. The minimum Gasteiger partial charge on any atom is -0.472 e. The second kappa shape index (κ2) is 6.36. The first kappa shape index (κ1) is 14.8. The average molecular weight is 305 g/mol. The van der Waals surface area contributed by atoms with Crippen LogP contribution in [0.3, 0.4) is 0 Å². The SMILES string of the molecule is FC1(F)CCNCC1c1cnc(OCc2ccccc2)cn1. The molecule has 1 fully saturated rings. The van der Waals surface area contributed by atoms with E-state index in [2.05, 4.69) is 15.3 Å². The van der Waals surface area contributed by atoms with E-state index in [1.807, 2.05) is 30.3 Å². The van der Waals surface area contributed by atoms with Crippen LogP contribution in [0.25, 0.3) is 0 Å². The fourth-order valence-corrected chi connectivity index (χ4v) is 2.46. The molecule has 0 amide bonds. The van der Waals surface area contributed by atoms with E-state index >= 15 is 0 Å². The van der Waals surface area contributed by atoms with Gasteiger partial charge in [-0.2, -0.15) is 0 Å². The summed E-state index contributed by atoms with van der Waals surface area (Å²) in [4.78, 5) is 8.19. The van der Waals surface area contributed by atoms with E-state index in [-0.39, 0.29) is 13.0 Å². The number of hydrogen-bond acceptors (Lipinski definition) is 4. The van der Waals surface area contributed by atoms with Gasteiger partial charge in [-0.25, -0.2) is 13.8 Å². The van der Waals surface area contributed by atoms with Gasteiger partial charge in [-0.1, -0.05) is 30.3 Å². The van der Waals surface area contributed by atoms with E-state index in [0.717, 1.165) is 5.56 Å². The minimum absolute atomic E-state index is 0.175. The second-order valence-corrected chi connectivity index (χ2v) is 5.32. The number of rotatable bonds is 4. The third-order valence-corrected chi connectivity index (χ3v) is 3.73. The van der Waals surface area contributed by atoms with Crippen molar-refractivity contribution in [2.24, 2.45) is 0 Å². The Balaban J connectivity index is 1.65. The zero-order valence-electron chi connectivity index (χ0n) is 12.0. The van der Waals surface area contributed by atoms with E-state index in [1.54, 1.807) is 0 Å². The lowest BCUT2D eigenvalue weighted by Crippen LogP contribution is -2.43. The molecule has 4 nitrogen and oxygen atoms in total. The zero-order valence-corrected chi connectivity index (χ0v) is 12.0. The molecular formula is C16H17F2N3O. The zero-order chi connectivity index (χ0) is 15.4. The largest absolute Gasteiger partial charge is 0.472 e. The quantitative estimate of drug-likeness (QED) is 0.943. The van der Waals surface area contributed by atoms with Crippen molar-refractivity contribution in [2.75, 3.05) is 13.1 Å². The van der Waals surface area contributed by atoms with Gasteiger partial charge >= 0.3 is 0 Å². The van der Waals surface area contributed by atoms with Crippen LogP contribution < -0.4 is 10.1 Å². The number of aromatic nitrogens is 2. The van der Waals surface area contributed by atoms with Gasteiger partial charge in [0.25, 0.3) is 5.92 Å². The molecule has 3 rings (SSSR count). The molecule has 6 heteroatoms. The molecule has 1 saturated heterocycles. The van der Waals surface area contributed by atoms with E-state index in [9.17, 15) is 8.78 Å². The highest BCUT2D eigenvalue weighted by molar-refractivity contribution is 5.17. The molecule has 0 bridgehead atoms. The predicted molar refractivity (Wildman–Crippen MR) is 78.0 cm³/mol. The molecule has 1 aliphatic rings. The number of halogens is 2. The average Bonchev–Trinajstić information content (AvgIpc) is 2.54. The Morgan fingerprint density at radius 1 is 1.18 bits per heavy atom. The fourth-order valence-electron chi connectivity index (χ4n) is 2.46. The van der Waals surface area contributed by atoms with Crippen molar-refractivity contribution in [3.8, 4) is 5.88 Å². The summed E-state index contributed by atoms with van der Waals surface area (Å²) in [7, 11) is 0. The maximum absolute atomic E-state index is 13.9. The van der Waals surface area contributed by atoms with Crippen LogP contribution >= 0.6 is 0 Å². The summed E-state index contributed by atoms with van der Waals surface area (Å²) < 4.78 is 33.3. The maximum atomic E-state index is 13.9. The highest BCUT2D eigenvalue weighted by Crippen LogP contribution is 2.36. The van der Waals surface area contributed by atoms with Gasteiger partial charge in [-0.15, -0.1) is 0 Å². The van der Waals surface area contributed by atoms with Crippen LogP contribution in [0.4, 0.5) is 8.78 Å². The Morgan fingerprint density at radius 2 is 2.00 bits per heavy atom. The Bertz CT molecular complexity index is 605. The lowest BCUT2D eigenvalue weighted by Gasteiger charge is -2.31. The number of piperidine rings is 1. The van der Waals surface area contributed by atoms with Gasteiger partial charge in [0.2, 0.25) is 5.88 Å². The molecule has 1 aromatic heterocycles. The number of hydrogen-bond donors (Lipinski definition) is 1. The molecule has 22 heavy (non-hydrogen) atoms. The predicted octanol–water partition coefficient (Wildman–Crippen LogP) is 2.77. The van der Waals surface area contributed by atoms with Crippen molar-refractivity contribution in [3.05, 3.63) is 54.0 Å². The van der Waals surface area contributed by atoms with Gasteiger partial charge in [0, 0.05) is 19.5 Å². The molecule has 2 aromatic rings. The first-order chi connectivity index (χ1) is 10.6. The molecular weight excluding hydrogens is 288 g/mol. The molecule has 1 aromatic carbocycles. The van der Waals surface area contributed by atoms with Crippen molar-refractivity contribution in [1.82, 2.24) is 15.3 Å². The van der Waals surface area contributed by atoms with Crippen LogP contribution in [0.5, 0.6) is 5.88 Å². The van der Waals surface area contributed by atoms with E-state index in [1.165, 1.54) is 12.4 Å². The Kier molecular flexibility index (Phi) is 4.29. The molecule has 1 N–H and O–H groups in total. The molecule has 116 valence electrons. The van der Waals surface area contributed by atoms with Crippen LogP contribution in [-0.2, 0) is 6.61 Å². The second-order valence-electron chi connectivity index (χ2n) is 5.32. The maximum Gasteiger partial charge on any atom is 0.258 e. The number of alkyl halides is 2. The normalized spacial score (nSPS) is 20.5. The van der Waals surface area contributed by atoms with Crippen LogP contribution in [0.2, 0.25) is 0 Å². The van der Waals surface area contributed by atoms with Crippen molar-refractivity contribution in [1.29, 1.82) is 0 Å². The summed E-state index contributed by atoms with van der Waals surface area (Å²) in [5.41, 5.74) is 1.31. The van der Waals surface area contributed by atoms with Crippen molar-refractivity contribution < 1.29 is 13.5 Å². The van der Waals surface area contributed by atoms with E-state index < -0.39 is 11.8 Å². The summed E-state index contributed by atoms with van der Waals surface area (Å²) >= 11 is 0. The third kappa shape index (κ3) is 3.39. The first-order valence-corrected chi connectivity index (χ1v) is 7.22. The minimum atomic E-state index is -2.74. The Morgan fingerprint density at radius 3 is 2.68 bits per heavy atom. The number of ether oxygens (including phenoxy) is 1. The Labute approximate surface area is 127 Å². The van der Waals surface area contributed by atoms with Crippen molar-refractivity contribution in [3.63, 3.8) is 0 Å². The summed E-state index contributed by atoms with van der Waals surface area (Å²) in [5.74, 6) is -3.34. The molecule has 1 aliphatic heterocycles. The van der Waals surface area contributed by atoms with Gasteiger partial charge in [0.1, 0.15) is 6.61 Å². The summed E-state index contributed by atoms with van der Waals surface area (Å²) in [6, 6.07) is 9.65. The molecule has 1 atom stereocenters. The molecule has 0 aliphatic carbocycles. The van der Waals surface area contributed by atoms with Crippen LogP contribution in [0.1, 0.15) is 23.6 Å². The van der Waals surface area contributed by atoms with E-state index in [4.69, 9.17) is 4.74 Å². The molecule has 1 unspecified atom stereocenters. The summed E-state index contributed by atoms with van der Waals surface area (Å²) in [6.07, 6.45) is 2.61. The van der Waals surface area contributed by atoms with E-state index in [0.29, 0.717) is 24.7 Å². The molecule has 0 spiro atoms. The topological polar surface area (TPSA) is 47.0 Å². The first-order valence-electron chi connectivity index (χ1n) is 7.22. The van der Waals surface area contributed by atoms with Crippen LogP contribution in [0.15, 0.2) is 42.7 Å². The number of nitrogens with zero attached hydrogens (tertiary/aromatic N) is 2. The van der Waals surface area contributed by atoms with Crippen LogP contribution in [-0.4, -0.2) is 29.0 Å². The van der Waals surface area contributed by atoms with Gasteiger partial charge in [-0.3, -0.25) is 4.98 Å². The monoisotopic (exact) mass is 305 g/mol. The molecule has 2 heterocycles. The number of benzene rings is 1. The summed E-state index contributed by atoms with van der Waals surface area (Å²) in [6.45, 7) is 0.914. The number of nitrogens with one attached hydrogen (secondary N) is 1. The molecule has 0 saturated carbocycles. The third-order valence-electron chi connectivity index (χ3n) is 3.73. The van der Waals surface area contributed by atoms with Crippen LogP contribution in [0, 0.1) is 0 Å². The highest BCUT2D eigenvalue weighted by atomic mass is 19.3.